The third-order valence-corrected chi connectivity index (χ3v) is 3.89. The second-order valence-corrected chi connectivity index (χ2v) is 5.22. The van der Waals surface area contributed by atoms with Crippen LogP contribution in [-0.2, 0) is 6.42 Å². The van der Waals surface area contributed by atoms with E-state index in [4.69, 9.17) is 0 Å². The summed E-state index contributed by atoms with van der Waals surface area (Å²) in [5.74, 6) is 0.114. The number of hydrogen-bond donors (Lipinski definition) is 0. The van der Waals surface area contributed by atoms with Crippen molar-refractivity contribution in [2.45, 2.75) is 12.8 Å². The standard InChI is InChI=1S/C16H13NOS/c18-15(6-5-12-8-10-19-11-12)16-14-4-2-1-3-13(14)7-9-17-16/h1-4,7-11H,5-6H2. The number of ketones is 1. The van der Waals surface area contributed by atoms with Crippen molar-refractivity contribution in [1.82, 2.24) is 4.98 Å². The van der Waals surface area contributed by atoms with Crippen LogP contribution in [0.1, 0.15) is 22.5 Å². The number of rotatable bonds is 4. The Morgan fingerprint density at radius 3 is 2.89 bits per heavy atom. The molecule has 0 saturated carbocycles. The van der Waals surface area contributed by atoms with E-state index >= 15 is 0 Å². The van der Waals surface area contributed by atoms with E-state index in [9.17, 15) is 4.79 Å². The summed E-state index contributed by atoms with van der Waals surface area (Å²) in [6.07, 6.45) is 3.01. The molecular formula is C16H13NOS. The molecule has 3 aromatic rings. The van der Waals surface area contributed by atoms with Crippen molar-refractivity contribution in [3.8, 4) is 0 Å². The van der Waals surface area contributed by atoms with Crippen LogP contribution in [0.4, 0.5) is 0 Å². The molecule has 94 valence electrons. The number of fused-ring (bicyclic) bond motifs is 1. The number of carbonyl (C=O) groups is 1. The molecule has 0 aliphatic rings. The summed E-state index contributed by atoms with van der Waals surface area (Å²) in [6.45, 7) is 0. The number of hydrogen-bond acceptors (Lipinski definition) is 3. The van der Waals surface area contributed by atoms with Gasteiger partial charge in [0, 0.05) is 18.0 Å². The number of aromatic nitrogens is 1. The van der Waals surface area contributed by atoms with Crippen LogP contribution in [0, 0.1) is 0 Å². The Labute approximate surface area is 115 Å². The van der Waals surface area contributed by atoms with E-state index in [2.05, 4.69) is 16.4 Å². The molecule has 0 saturated heterocycles. The van der Waals surface area contributed by atoms with E-state index in [0.29, 0.717) is 12.1 Å². The van der Waals surface area contributed by atoms with Gasteiger partial charge < -0.3 is 0 Å². The van der Waals surface area contributed by atoms with Gasteiger partial charge >= 0.3 is 0 Å². The van der Waals surface area contributed by atoms with Gasteiger partial charge in [-0.3, -0.25) is 9.78 Å². The van der Waals surface area contributed by atoms with E-state index < -0.39 is 0 Å². The topological polar surface area (TPSA) is 30.0 Å². The van der Waals surface area contributed by atoms with Crippen LogP contribution in [0.25, 0.3) is 10.8 Å². The van der Waals surface area contributed by atoms with Crippen LogP contribution in [0.5, 0.6) is 0 Å². The van der Waals surface area contributed by atoms with Gasteiger partial charge in [0.25, 0.3) is 0 Å². The molecule has 0 aliphatic heterocycles. The van der Waals surface area contributed by atoms with Gasteiger partial charge in [-0.05, 0) is 40.3 Å². The summed E-state index contributed by atoms with van der Waals surface area (Å²) in [6, 6.07) is 11.9. The van der Waals surface area contributed by atoms with Crippen molar-refractivity contribution in [2.75, 3.05) is 0 Å². The first-order valence-corrected chi connectivity index (χ1v) is 7.17. The van der Waals surface area contributed by atoms with Crippen molar-refractivity contribution < 1.29 is 4.79 Å². The highest BCUT2D eigenvalue weighted by molar-refractivity contribution is 7.07. The van der Waals surface area contributed by atoms with Crippen LogP contribution >= 0.6 is 11.3 Å². The van der Waals surface area contributed by atoms with Crippen molar-refractivity contribution in [3.63, 3.8) is 0 Å². The second kappa shape index (κ2) is 5.33. The Hall–Kier alpha value is -2.00. The molecule has 3 rings (SSSR count). The maximum atomic E-state index is 12.3. The lowest BCUT2D eigenvalue weighted by atomic mass is 10.0. The summed E-state index contributed by atoms with van der Waals surface area (Å²) in [5, 5.41) is 6.14. The molecular weight excluding hydrogens is 254 g/mol. The fraction of sp³-hybridized carbons (Fsp3) is 0.125. The molecule has 0 amide bonds. The normalized spacial score (nSPS) is 10.7. The molecule has 0 N–H and O–H groups in total. The Morgan fingerprint density at radius 1 is 1.16 bits per heavy atom. The van der Waals surface area contributed by atoms with Crippen molar-refractivity contribution in [3.05, 3.63) is 64.6 Å². The zero-order valence-electron chi connectivity index (χ0n) is 10.4. The Bertz CT molecular complexity index is 698. The number of pyridine rings is 1. The van der Waals surface area contributed by atoms with Crippen molar-refractivity contribution in [2.24, 2.45) is 0 Å². The van der Waals surface area contributed by atoms with Crippen LogP contribution in [-0.4, -0.2) is 10.8 Å². The van der Waals surface area contributed by atoms with Crippen molar-refractivity contribution in [1.29, 1.82) is 0 Å². The number of Topliss-reactive ketones (excluding diaryl/α,β-unsaturated/α-hetero) is 1. The minimum Gasteiger partial charge on any atom is -0.292 e. The Balaban J connectivity index is 1.85. The van der Waals surface area contributed by atoms with Gasteiger partial charge in [0.2, 0.25) is 0 Å². The SMILES string of the molecule is O=C(CCc1ccsc1)c1nccc2ccccc12. The van der Waals surface area contributed by atoms with Gasteiger partial charge in [0.1, 0.15) is 5.69 Å². The predicted molar refractivity (Wildman–Crippen MR) is 78.7 cm³/mol. The number of thiophene rings is 1. The summed E-state index contributed by atoms with van der Waals surface area (Å²) in [5.41, 5.74) is 1.81. The third-order valence-electron chi connectivity index (χ3n) is 3.16. The number of nitrogens with zero attached hydrogens (tertiary/aromatic N) is 1. The van der Waals surface area contributed by atoms with Gasteiger partial charge in [-0.1, -0.05) is 24.3 Å². The van der Waals surface area contributed by atoms with Crippen LogP contribution in [0.2, 0.25) is 0 Å². The fourth-order valence-corrected chi connectivity index (χ4v) is 2.86. The van der Waals surface area contributed by atoms with E-state index in [1.165, 1.54) is 5.56 Å². The zero-order chi connectivity index (χ0) is 13.1. The molecule has 0 bridgehead atoms. The van der Waals surface area contributed by atoms with Crippen LogP contribution in [0.15, 0.2) is 53.4 Å². The Morgan fingerprint density at radius 2 is 2.05 bits per heavy atom. The molecule has 19 heavy (non-hydrogen) atoms. The molecule has 0 unspecified atom stereocenters. The van der Waals surface area contributed by atoms with Gasteiger partial charge in [-0.15, -0.1) is 0 Å². The van der Waals surface area contributed by atoms with Crippen LogP contribution in [0.3, 0.4) is 0 Å². The molecule has 2 aromatic heterocycles. The molecule has 0 atom stereocenters. The van der Waals surface area contributed by atoms with E-state index in [1.54, 1.807) is 17.5 Å². The smallest absolute Gasteiger partial charge is 0.182 e. The maximum absolute atomic E-state index is 12.3. The first kappa shape index (κ1) is 12.1. The summed E-state index contributed by atoms with van der Waals surface area (Å²) >= 11 is 1.66. The fourth-order valence-electron chi connectivity index (χ4n) is 2.15. The zero-order valence-corrected chi connectivity index (χ0v) is 11.2. The molecule has 3 heteroatoms. The molecule has 0 aliphatic carbocycles. The quantitative estimate of drug-likeness (QED) is 0.666. The average molecular weight is 267 g/mol. The number of carbonyl (C=O) groups excluding carboxylic acids is 1. The molecule has 0 fully saturated rings. The highest BCUT2D eigenvalue weighted by atomic mass is 32.1. The van der Waals surface area contributed by atoms with Gasteiger partial charge in [-0.2, -0.15) is 11.3 Å². The average Bonchev–Trinajstić information content (AvgIpc) is 2.97. The third kappa shape index (κ3) is 2.56. The highest BCUT2D eigenvalue weighted by Gasteiger charge is 2.11. The van der Waals surface area contributed by atoms with Crippen LogP contribution < -0.4 is 0 Å². The first-order chi connectivity index (χ1) is 9.34. The highest BCUT2D eigenvalue weighted by Crippen LogP contribution is 2.18. The lowest BCUT2D eigenvalue weighted by molar-refractivity contribution is 0.0980. The monoisotopic (exact) mass is 267 g/mol. The van der Waals surface area contributed by atoms with E-state index in [0.717, 1.165) is 17.2 Å². The molecule has 0 radical (unpaired) electrons. The molecule has 2 heterocycles. The minimum atomic E-state index is 0.114. The predicted octanol–water partition coefficient (Wildman–Crippen LogP) is 4.11. The second-order valence-electron chi connectivity index (χ2n) is 4.44. The lowest BCUT2D eigenvalue weighted by Crippen LogP contribution is -2.04. The van der Waals surface area contributed by atoms with E-state index in [1.807, 2.05) is 35.7 Å². The lowest BCUT2D eigenvalue weighted by Gasteiger charge is -2.04. The van der Waals surface area contributed by atoms with Gasteiger partial charge in [0.15, 0.2) is 5.78 Å². The first-order valence-electron chi connectivity index (χ1n) is 6.22. The largest absolute Gasteiger partial charge is 0.292 e. The Kier molecular flexibility index (Phi) is 3.38. The number of aryl methyl sites for hydroxylation is 1. The molecule has 2 nitrogen and oxygen atoms in total. The van der Waals surface area contributed by atoms with Crippen molar-refractivity contribution >= 4 is 27.9 Å². The molecule has 1 aromatic carbocycles. The number of benzene rings is 1. The molecule has 0 spiro atoms. The minimum absolute atomic E-state index is 0.114. The van der Waals surface area contributed by atoms with E-state index in [-0.39, 0.29) is 5.78 Å². The van der Waals surface area contributed by atoms with Gasteiger partial charge in [0.05, 0.1) is 0 Å². The van der Waals surface area contributed by atoms with Gasteiger partial charge in [-0.25, -0.2) is 0 Å². The summed E-state index contributed by atoms with van der Waals surface area (Å²) in [4.78, 5) is 16.6. The summed E-state index contributed by atoms with van der Waals surface area (Å²) in [7, 11) is 0. The summed E-state index contributed by atoms with van der Waals surface area (Å²) < 4.78 is 0. The maximum Gasteiger partial charge on any atom is 0.182 e.